The second-order valence-electron chi connectivity index (χ2n) is 4.43. The van der Waals surface area contributed by atoms with Gasteiger partial charge in [-0.2, -0.15) is 0 Å². The van der Waals surface area contributed by atoms with E-state index in [1.54, 1.807) is 7.11 Å². The average Bonchev–Trinajstić information content (AvgIpc) is 2.73. The molecule has 0 fully saturated rings. The highest BCUT2D eigenvalue weighted by Crippen LogP contribution is 2.21. The fourth-order valence-electron chi connectivity index (χ4n) is 1.20. The van der Waals surface area contributed by atoms with Crippen molar-refractivity contribution in [3.63, 3.8) is 0 Å². The molecule has 1 rings (SSSR count). The van der Waals surface area contributed by atoms with Crippen LogP contribution < -0.4 is 5.32 Å². The Morgan fingerprint density at radius 3 is 2.84 bits per heavy atom. The zero-order valence-electron chi connectivity index (χ0n) is 11.0. The Labute approximate surface area is 115 Å². The lowest BCUT2D eigenvalue weighted by atomic mass is 10.1. The van der Waals surface area contributed by atoms with Gasteiger partial charge >= 0.3 is 5.97 Å². The third-order valence-electron chi connectivity index (χ3n) is 2.30. The lowest BCUT2D eigenvalue weighted by molar-refractivity contribution is -0.131. The van der Waals surface area contributed by atoms with Crippen molar-refractivity contribution in [2.24, 2.45) is 0 Å². The van der Waals surface area contributed by atoms with E-state index in [2.05, 4.69) is 10.3 Å². The monoisotopic (exact) mass is 284 g/mol. The standard InChI is InChI=1S/C12H16N2O4S/c1-12(2,18-3)6-9(15)14-11-13-7-8(19-11)4-5-10(16)17/h4-5,7H,6H2,1-3H3,(H,16,17)(H,13,14,15)/b5-4+. The molecule has 1 aromatic heterocycles. The summed E-state index contributed by atoms with van der Waals surface area (Å²) >= 11 is 1.20. The molecule has 7 heteroatoms. The van der Waals surface area contributed by atoms with Gasteiger partial charge in [0.05, 0.1) is 12.0 Å². The maximum atomic E-state index is 11.7. The van der Waals surface area contributed by atoms with Gasteiger partial charge in [0.25, 0.3) is 0 Å². The molecule has 6 nitrogen and oxygen atoms in total. The Bertz CT molecular complexity index is 494. The largest absolute Gasteiger partial charge is 0.478 e. The van der Waals surface area contributed by atoms with Gasteiger partial charge in [0, 0.05) is 24.3 Å². The van der Waals surface area contributed by atoms with E-state index in [-0.39, 0.29) is 12.3 Å². The van der Waals surface area contributed by atoms with E-state index in [4.69, 9.17) is 9.84 Å². The first-order chi connectivity index (χ1) is 8.82. The van der Waals surface area contributed by atoms with Crippen molar-refractivity contribution >= 4 is 34.4 Å². The summed E-state index contributed by atoms with van der Waals surface area (Å²) in [5, 5.41) is 11.6. The highest BCUT2D eigenvalue weighted by Gasteiger charge is 2.21. The number of nitrogens with one attached hydrogen (secondary N) is 1. The van der Waals surface area contributed by atoms with Crippen LogP contribution in [0.4, 0.5) is 5.13 Å². The smallest absolute Gasteiger partial charge is 0.328 e. The zero-order chi connectivity index (χ0) is 14.5. The van der Waals surface area contributed by atoms with Gasteiger partial charge in [0.15, 0.2) is 5.13 Å². The molecule has 104 valence electrons. The first kappa shape index (κ1) is 15.3. The van der Waals surface area contributed by atoms with E-state index in [1.807, 2.05) is 13.8 Å². The minimum absolute atomic E-state index is 0.199. The van der Waals surface area contributed by atoms with Crippen LogP contribution in [0.15, 0.2) is 12.3 Å². The van der Waals surface area contributed by atoms with Gasteiger partial charge in [-0.1, -0.05) is 11.3 Å². The lowest BCUT2D eigenvalue weighted by Gasteiger charge is -2.21. The van der Waals surface area contributed by atoms with Crippen molar-refractivity contribution in [2.75, 3.05) is 12.4 Å². The van der Waals surface area contributed by atoms with E-state index >= 15 is 0 Å². The molecule has 0 saturated heterocycles. The number of aliphatic carboxylic acids is 1. The summed E-state index contributed by atoms with van der Waals surface area (Å²) in [7, 11) is 1.55. The van der Waals surface area contributed by atoms with Crippen molar-refractivity contribution in [3.8, 4) is 0 Å². The van der Waals surface area contributed by atoms with Crippen LogP contribution in [0.1, 0.15) is 25.1 Å². The van der Waals surface area contributed by atoms with E-state index < -0.39 is 11.6 Å². The second-order valence-corrected chi connectivity index (χ2v) is 5.49. The van der Waals surface area contributed by atoms with Crippen molar-refractivity contribution in [1.29, 1.82) is 0 Å². The molecule has 1 aromatic rings. The highest BCUT2D eigenvalue weighted by atomic mass is 32.1. The molecule has 19 heavy (non-hydrogen) atoms. The molecule has 0 aromatic carbocycles. The molecule has 0 aliphatic carbocycles. The van der Waals surface area contributed by atoms with Crippen LogP contribution in [0.3, 0.4) is 0 Å². The van der Waals surface area contributed by atoms with Gasteiger partial charge in [0.2, 0.25) is 5.91 Å². The number of methoxy groups -OCH3 is 1. The maximum absolute atomic E-state index is 11.7. The molecule has 0 saturated carbocycles. The SMILES string of the molecule is COC(C)(C)CC(=O)Nc1ncc(/C=C/C(=O)O)s1. The number of carboxylic acids is 1. The van der Waals surface area contributed by atoms with Crippen LogP contribution in [-0.2, 0) is 14.3 Å². The van der Waals surface area contributed by atoms with E-state index in [1.165, 1.54) is 23.6 Å². The Balaban J connectivity index is 2.59. The Morgan fingerprint density at radius 2 is 2.26 bits per heavy atom. The van der Waals surface area contributed by atoms with Gasteiger partial charge in [-0.25, -0.2) is 9.78 Å². The third kappa shape index (κ3) is 5.62. The summed E-state index contributed by atoms with van der Waals surface area (Å²) < 4.78 is 5.16. The molecule has 0 spiro atoms. The van der Waals surface area contributed by atoms with Gasteiger partial charge in [-0.15, -0.1) is 0 Å². The molecule has 1 heterocycles. The lowest BCUT2D eigenvalue weighted by Crippen LogP contribution is -2.29. The van der Waals surface area contributed by atoms with Gasteiger partial charge < -0.3 is 15.2 Å². The van der Waals surface area contributed by atoms with E-state index in [0.717, 1.165) is 6.08 Å². The van der Waals surface area contributed by atoms with Gasteiger partial charge in [-0.3, -0.25) is 4.79 Å². The second kappa shape index (κ2) is 6.44. The molecular formula is C12H16N2O4S. The first-order valence-corrected chi connectivity index (χ1v) is 6.36. The van der Waals surface area contributed by atoms with Crippen LogP contribution in [-0.4, -0.2) is 34.7 Å². The number of amides is 1. The number of anilines is 1. The topological polar surface area (TPSA) is 88.5 Å². The van der Waals surface area contributed by atoms with Crippen molar-refractivity contribution < 1.29 is 19.4 Å². The fraction of sp³-hybridized carbons (Fsp3) is 0.417. The third-order valence-corrected chi connectivity index (χ3v) is 3.18. The van der Waals surface area contributed by atoms with Crippen LogP contribution in [0, 0.1) is 0 Å². The normalized spacial score (nSPS) is 11.7. The summed E-state index contributed by atoms with van der Waals surface area (Å²) in [6.07, 6.45) is 4.16. The minimum Gasteiger partial charge on any atom is -0.478 e. The first-order valence-electron chi connectivity index (χ1n) is 5.54. The predicted molar refractivity (Wildman–Crippen MR) is 73.1 cm³/mol. The summed E-state index contributed by atoms with van der Waals surface area (Å²) in [5.41, 5.74) is -0.534. The maximum Gasteiger partial charge on any atom is 0.328 e. The predicted octanol–water partition coefficient (Wildman–Crippen LogP) is 1.99. The molecule has 2 N–H and O–H groups in total. The molecule has 0 atom stereocenters. The fourth-order valence-corrected chi connectivity index (χ4v) is 1.93. The zero-order valence-corrected chi connectivity index (χ0v) is 11.8. The number of hydrogen-bond acceptors (Lipinski definition) is 5. The number of nitrogens with zero attached hydrogens (tertiary/aromatic N) is 1. The average molecular weight is 284 g/mol. The number of aromatic nitrogens is 1. The van der Waals surface area contributed by atoms with E-state index in [0.29, 0.717) is 10.0 Å². The Hall–Kier alpha value is -1.73. The number of carbonyl (C=O) groups excluding carboxylic acids is 1. The van der Waals surface area contributed by atoms with Crippen LogP contribution >= 0.6 is 11.3 Å². The molecule has 0 radical (unpaired) electrons. The van der Waals surface area contributed by atoms with Gasteiger partial charge in [-0.05, 0) is 19.9 Å². The summed E-state index contributed by atoms with van der Waals surface area (Å²) in [6, 6.07) is 0. The summed E-state index contributed by atoms with van der Waals surface area (Å²) in [5.74, 6) is -1.23. The molecule has 0 unspecified atom stereocenters. The molecular weight excluding hydrogens is 268 g/mol. The van der Waals surface area contributed by atoms with Crippen molar-refractivity contribution in [2.45, 2.75) is 25.9 Å². The number of carboxylic acid groups (broad SMARTS) is 1. The minimum atomic E-state index is -1.03. The summed E-state index contributed by atoms with van der Waals surface area (Å²) in [4.78, 5) is 26.7. The van der Waals surface area contributed by atoms with Crippen molar-refractivity contribution in [3.05, 3.63) is 17.2 Å². The van der Waals surface area contributed by atoms with E-state index in [9.17, 15) is 9.59 Å². The number of carbonyl (C=O) groups is 2. The highest BCUT2D eigenvalue weighted by molar-refractivity contribution is 7.16. The molecule has 0 aliphatic rings. The summed E-state index contributed by atoms with van der Waals surface area (Å²) in [6.45, 7) is 3.63. The molecule has 1 amide bonds. The van der Waals surface area contributed by atoms with Crippen LogP contribution in [0.5, 0.6) is 0 Å². The number of ether oxygens (including phenoxy) is 1. The van der Waals surface area contributed by atoms with Crippen LogP contribution in [0.2, 0.25) is 0 Å². The Morgan fingerprint density at radius 1 is 1.58 bits per heavy atom. The van der Waals surface area contributed by atoms with Crippen molar-refractivity contribution in [1.82, 2.24) is 4.98 Å². The molecule has 0 aliphatic heterocycles. The number of rotatable bonds is 6. The van der Waals surface area contributed by atoms with Crippen LogP contribution in [0.25, 0.3) is 6.08 Å². The van der Waals surface area contributed by atoms with Gasteiger partial charge in [0.1, 0.15) is 0 Å². The quantitative estimate of drug-likeness (QED) is 0.780. The number of hydrogen-bond donors (Lipinski definition) is 2. The molecule has 0 bridgehead atoms. The number of thiazole rings is 1. The Kier molecular flexibility index (Phi) is 5.20.